The normalized spacial score (nSPS) is 23.2. The van der Waals surface area contributed by atoms with Gasteiger partial charge in [0.05, 0.1) is 0 Å². The van der Waals surface area contributed by atoms with Gasteiger partial charge in [-0.3, -0.25) is 9.59 Å². The highest BCUT2D eigenvalue weighted by molar-refractivity contribution is 6.74. The molecule has 0 aliphatic heterocycles. The molecule has 0 radical (unpaired) electrons. The van der Waals surface area contributed by atoms with Gasteiger partial charge in [-0.1, -0.05) is 65.8 Å². The summed E-state index contributed by atoms with van der Waals surface area (Å²) < 4.78 is 67.7. The first kappa shape index (κ1) is 40.3. The van der Waals surface area contributed by atoms with Crippen LogP contribution in [0.1, 0.15) is 116 Å². The van der Waals surface area contributed by atoms with Gasteiger partial charge in [0, 0.05) is 12.8 Å². The van der Waals surface area contributed by atoms with Crippen LogP contribution in [0.3, 0.4) is 0 Å². The molecule has 2 aliphatic rings. The molecule has 0 saturated heterocycles. The van der Waals surface area contributed by atoms with Crippen LogP contribution in [-0.4, -0.2) is 40.4 Å². The van der Waals surface area contributed by atoms with Crippen LogP contribution in [0.2, 0.25) is 36.3 Å². The third-order valence-electron chi connectivity index (χ3n) is 11.1. The standard InChI is InChI=1S/2C19H28F2O2Si/c2*1-19(2,3)24(4,5)23-17-12-10-13(9-11-16(17)22)14-7-6-8-15(20)18(14)21/h2*6-8,13,17H,9-12H2,1-5H3/t13-,17+;13-,17-/m01/s1. The molecule has 4 rings (SSSR count). The third-order valence-corrected chi connectivity index (χ3v) is 20.1. The number of benzene rings is 2. The van der Waals surface area contributed by atoms with Crippen LogP contribution in [-0.2, 0) is 18.4 Å². The van der Waals surface area contributed by atoms with E-state index in [0.29, 0.717) is 62.5 Å². The van der Waals surface area contributed by atoms with Crippen LogP contribution in [0.15, 0.2) is 36.4 Å². The van der Waals surface area contributed by atoms with Crippen LogP contribution in [0.25, 0.3) is 0 Å². The van der Waals surface area contributed by atoms with E-state index in [-0.39, 0.29) is 33.5 Å². The van der Waals surface area contributed by atoms with Gasteiger partial charge in [0.2, 0.25) is 0 Å². The fraction of sp³-hybridized carbons (Fsp3) is 0.632. The summed E-state index contributed by atoms with van der Waals surface area (Å²) in [6.07, 6.45) is 3.45. The Hall–Kier alpha value is -2.15. The smallest absolute Gasteiger partial charge is 0.193 e. The summed E-state index contributed by atoms with van der Waals surface area (Å²) in [5.41, 5.74) is 0.770. The quantitative estimate of drug-likeness (QED) is 0.170. The highest BCUT2D eigenvalue weighted by Crippen LogP contribution is 2.41. The predicted octanol–water partition coefficient (Wildman–Crippen LogP) is 11.2. The molecule has 4 nitrogen and oxygen atoms in total. The Balaban J connectivity index is 0.000000260. The molecule has 4 atom stereocenters. The molecule has 48 heavy (non-hydrogen) atoms. The monoisotopic (exact) mass is 708 g/mol. The van der Waals surface area contributed by atoms with Gasteiger partial charge in [0.25, 0.3) is 0 Å². The molecule has 0 N–H and O–H groups in total. The number of Topliss-reactive ketones (excluding diaryl/α,β-unsaturated/α-hetero) is 2. The summed E-state index contributed by atoms with van der Waals surface area (Å²) in [6, 6.07) is 8.58. The zero-order valence-corrected chi connectivity index (χ0v) is 32.6. The Kier molecular flexibility index (Phi) is 13.3. The molecule has 2 aromatic carbocycles. The average molecular weight is 709 g/mol. The van der Waals surface area contributed by atoms with Crippen molar-refractivity contribution in [3.05, 3.63) is 70.8 Å². The Morgan fingerprint density at radius 3 is 1.21 bits per heavy atom. The number of carbonyl (C=O) groups is 2. The molecule has 0 heterocycles. The van der Waals surface area contributed by atoms with Gasteiger partial charge >= 0.3 is 0 Å². The van der Waals surface area contributed by atoms with E-state index in [1.54, 1.807) is 12.1 Å². The van der Waals surface area contributed by atoms with Crippen molar-refractivity contribution in [3.8, 4) is 0 Å². The Bertz CT molecular complexity index is 1320. The largest absolute Gasteiger partial charge is 0.407 e. The maximum atomic E-state index is 14.1. The van der Waals surface area contributed by atoms with Crippen LogP contribution in [0.5, 0.6) is 0 Å². The topological polar surface area (TPSA) is 52.6 Å². The number of hydrogen-bond donors (Lipinski definition) is 0. The van der Waals surface area contributed by atoms with E-state index in [0.717, 1.165) is 12.1 Å². The number of carbonyl (C=O) groups excluding carboxylic acids is 2. The lowest BCUT2D eigenvalue weighted by atomic mass is 9.91. The lowest BCUT2D eigenvalue weighted by Gasteiger charge is -2.38. The van der Waals surface area contributed by atoms with Crippen LogP contribution in [0.4, 0.5) is 17.6 Å². The van der Waals surface area contributed by atoms with E-state index in [4.69, 9.17) is 8.85 Å². The molecular weight excluding hydrogens is 653 g/mol. The maximum absolute atomic E-state index is 14.1. The van der Waals surface area contributed by atoms with E-state index in [9.17, 15) is 27.2 Å². The minimum absolute atomic E-state index is 0.0354. The van der Waals surface area contributed by atoms with E-state index in [1.165, 1.54) is 12.1 Å². The molecule has 2 saturated carbocycles. The van der Waals surface area contributed by atoms with Crippen molar-refractivity contribution in [1.82, 2.24) is 0 Å². The van der Waals surface area contributed by atoms with Crippen molar-refractivity contribution in [2.24, 2.45) is 0 Å². The van der Waals surface area contributed by atoms with Gasteiger partial charge in [-0.2, -0.15) is 0 Å². The summed E-state index contributed by atoms with van der Waals surface area (Å²) >= 11 is 0. The lowest BCUT2D eigenvalue weighted by Crippen LogP contribution is -2.45. The van der Waals surface area contributed by atoms with Crippen molar-refractivity contribution in [1.29, 1.82) is 0 Å². The molecule has 0 amide bonds. The Morgan fingerprint density at radius 2 is 0.896 bits per heavy atom. The molecule has 0 bridgehead atoms. The van der Waals surface area contributed by atoms with Crippen LogP contribution < -0.4 is 0 Å². The minimum Gasteiger partial charge on any atom is -0.407 e. The van der Waals surface area contributed by atoms with Gasteiger partial charge in [0.15, 0.2) is 51.5 Å². The predicted molar refractivity (Wildman–Crippen MR) is 189 cm³/mol. The summed E-state index contributed by atoms with van der Waals surface area (Å²) in [7, 11) is -4.07. The van der Waals surface area contributed by atoms with Crippen molar-refractivity contribution >= 4 is 28.2 Å². The molecular formula is C38H56F4O4Si2. The van der Waals surface area contributed by atoms with Gasteiger partial charge in [0.1, 0.15) is 12.2 Å². The number of hydrogen-bond acceptors (Lipinski definition) is 4. The van der Waals surface area contributed by atoms with Crippen molar-refractivity contribution in [2.75, 3.05) is 0 Å². The summed E-state index contributed by atoms with van der Waals surface area (Å²) in [4.78, 5) is 25.0. The molecule has 2 fully saturated rings. The first-order valence-corrected chi connectivity index (χ1v) is 23.2. The van der Waals surface area contributed by atoms with Gasteiger partial charge in [-0.05, 0) is 110 Å². The SMILES string of the molecule is CC(C)(C)[Si](C)(C)O[C@@H]1CC[C@@H](c2cccc(F)c2F)CCC1=O.CC(C)(C)[Si](C)(C)O[C@@H]1CC[C@H](c2cccc(F)c2F)CCC1=O. The molecule has 268 valence electrons. The maximum Gasteiger partial charge on any atom is 0.193 e. The molecule has 0 unspecified atom stereocenters. The average Bonchev–Trinajstić information content (AvgIpc) is 3.26. The molecule has 2 aromatic rings. The third kappa shape index (κ3) is 9.97. The Labute approximate surface area is 287 Å². The van der Waals surface area contributed by atoms with Crippen LogP contribution >= 0.6 is 0 Å². The van der Waals surface area contributed by atoms with Gasteiger partial charge < -0.3 is 8.85 Å². The summed E-state index contributed by atoms with van der Waals surface area (Å²) in [5, 5.41) is 0.0707. The fourth-order valence-electron chi connectivity index (χ4n) is 5.88. The van der Waals surface area contributed by atoms with Gasteiger partial charge in [-0.25, -0.2) is 17.6 Å². The van der Waals surface area contributed by atoms with Gasteiger partial charge in [-0.15, -0.1) is 0 Å². The number of halogens is 4. The highest BCUT2D eigenvalue weighted by atomic mass is 28.4. The van der Waals surface area contributed by atoms with E-state index >= 15 is 0 Å². The van der Waals surface area contributed by atoms with E-state index in [2.05, 4.69) is 67.7 Å². The molecule has 0 spiro atoms. The molecule has 10 heteroatoms. The minimum atomic E-state index is -2.03. The van der Waals surface area contributed by atoms with Crippen LogP contribution in [0, 0.1) is 23.3 Å². The van der Waals surface area contributed by atoms with Crippen molar-refractivity contribution in [2.45, 2.75) is 153 Å². The first-order valence-electron chi connectivity index (χ1n) is 17.3. The first-order chi connectivity index (χ1) is 22.1. The molecule has 2 aliphatic carbocycles. The zero-order valence-electron chi connectivity index (χ0n) is 30.6. The van der Waals surface area contributed by atoms with E-state index in [1.807, 2.05) is 0 Å². The fourth-order valence-corrected chi connectivity index (χ4v) is 8.51. The van der Waals surface area contributed by atoms with E-state index < -0.39 is 52.1 Å². The Morgan fingerprint density at radius 1 is 0.562 bits per heavy atom. The lowest BCUT2D eigenvalue weighted by molar-refractivity contribution is -0.126. The summed E-state index contributed by atoms with van der Waals surface area (Å²) in [6.45, 7) is 21.4. The highest BCUT2D eigenvalue weighted by Gasteiger charge is 2.42. The summed E-state index contributed by atoms with van der Waals surface area (Å²) in [5.74, 6) is -3.26. The number of rotatable bonds is 6. The van der Waals surface area contributed by atoms with Crippen molar-refractivity contribution in [3.63, 3.8) is 0 Å². The van der Waals surface area contributed by atoms with Crippen molar-refractivity contribution < 1.29 is 36.0 Å². The second kappa shape index (κ2) is 15.8. The second-order valence-electron chi connectivity index (χ2n) is 16.6. The second-order valence-corrected chi connectivity index (χ2v) is 26.1. The molecule has 0 aromatic heterocycles. The zero-order chi connectivity index (χ0) is 36.2. The number of ketones is 2.